The molecule has 2 N–H and O–H groups in total. The molecule has 0 bridgehead atoms. The van der Waals surface area contributed by atoms with Gasteiger partial charge in [-0.3, -0.25) is 4.98 Å². The number of imidazole rings is 1. The van der Waals surface area contributed by atoms with E-state index in [0.29, 0.717) is 18.1 Å². The zero-order chi connectivity index (χ0) is 14.4. The van der Waals surface area contributed by atoms with Crippen molar-refractivity contribution in [2.75, 3.05) is 0 Å². The van der Waals surface area contributed by atoms with Gasteiger partial charge in [-0.05, 0) is 36.6 Å². The fraction of sp³-hybridized carbons (Fsp3) is 0.250. The summed E-state index contributed by atoms with van der Waals surface area (Å²) in [5, 5.41) is 0. The maximum Gasteiger partial charge on any atom is 0.160 e. The molecular formula is C16H15FN4. The summed E-state index contributed by atoms with van der Waals surface area (Å²) in [6.45, 7) is 0.459. The molecule has 2 heterocycles. The quantitative estimate of drug-likeness (QED) is 0.803. The molecule has 5 heteroatoms. The van der Waals surface area contributed by atoms with Crippen LogP contribution in [0.1, 0.15) is 24.4 Å². The highest BCUT2D eigenvalue weighted by atomic mass is 19.1. The monoisotopic (exact) mass is 282 g/mol. The lowest BCUT2D eigenvalue weighted by molar-refractivity contribution is 0.637. The molecular weight excluding hydrogens is 267 g/mol. The Morgan fingerprint density at radius 2 is 2.10 bits per heavy atom. The Labute approximate surface area is 121 Å². The summed E-state index contributed by atoms with van der Waals surface area (Å²) < 4.78 is 16.1. The molecule has 2 aromatic heterocycles. The number of benzene rings is 1. The van der Waals surface area contributed by atoms with Crippen molar-refractivity contribution < 1.29 is 4.39 Å². The smallest absolute Gasteiger partial charge is 0.160 e. The van der Waals surface area contributed by atoms with Crippen LogP contribution in [-0.2, 0) is 6.54 Å². The highest BCUT2D eigenvalue weighted by Gasteiger charge is 2.29. The summed E-state index contributed by atoms with van der Waals surface area (Å²) >= 11 is 0. The van der Waals surface area contributed by atoms with Crippen molar-refractivity contribution in [2.45, 2.75) is 25.4 Å². The van der Waals surface area contributed by atoms with E-state index in [9.17, 15) is 4.39 Å². The van der Waals surface area contributed by atoms with Crippen molar-refractivity contribution in [3.8, 4) is 11.5 Å². The van der Waals surface area contributed by atoms with E-state index < -0.39 is 0 Å². The van der Waals surface area contributed by atoms with Gasteiger partial charge in [0.05, 0.1) is 5.52 Å². The number of hydrogen-bond donors (Lipinski definition) is 1. The highest BCUT2D eigenvalue weighted by molar-refractivity contribution is 5.81. The Morgan fingerprint density at radius 3 is 2.76 bits per heavy atom. The predicted octanol–water partition coefficient (Wildman–Crippen LogP) is 3.03. The summed E-state index contributed by atoms with van der Waals surface area (Å²) in [6, 6.07) is 9.34. The summed E-state index contributed by atoms with van der Waals surface area (Å²) in [4.78, 5) is 8.92. The van der Waals surface area contributed by atoms with Crippen molar-refractivity contribution in [3.05, 3.63) is 47.9 Å². The average Bonchev–Trinajstić information content (AvgIpc) is 3.28. The first-order chi connectivity index (χ1) is 10.3. The molecule has 1 aliphatic carbocycles. The highest BCUT2D eigenvalue weighted by Crippen LogP contribution is 2.41. The van der Waals surface area contributed by atoms with E-state index in [1.165, 1.54) is 6.07 Å². The lowest BCUT2D eigenvalue weighted by atomic mass is 10.2. The van der Waals surface area contributed by atoms with Crippen LogP contribution in [0.4, 0.5) is 4.39 Å². The topological polar surface area (TPSA) is 56.7 Å². The van der Waals surface area contributed by atoms with E-state index in [1.54, 1.807) is 12.3 Å². The van der Waals surface area contributed by atoms with Gasteiger partial charge in [0, 0.05) is 18.8 Å². The third kappa shape index (κ3) is 2.01. The molecule has 1 aromatic carbocycles. The van der Waals surface area contributed by atoms with Gasteiger partial charge >= 0.3 is 0 Å². The standard InChI is InChI=1S/C16H15FN4/c17-12-2-1-3-14-15(12)20-16(21(14)11-5-6-11)13-7-4-10(8-18)9-19-13/h1-4,7,9,11H,5-6,8,18H2. The average molecular weight is 282 g/mol. The van der Waals surface area contributed by atoms with Crippen LogP contribution in [0.5, 0.6) is 0 Å². The maximum absolute atomic E-state index is 14.0. The number of para-hydroxylation sites is 1. The zero-order valence-corrected chi connectivity index (χ0v) is 11.5. The summed E-state index contributed by atoms with van der Waals surface area (Å²) in [6.07, 6.45) is 3.97. The summed E-state index contributed by atoms with van der Waals surface area (Å²) in [5.41, 5.74) is 8.59. The Hall–Kier alpha value is -2.27. The molecule has 106 valence electrons. The van der Waals surface area contributed by atoms with Crippen LogP contribution in [0.25, 0.3) is 22.6 Å². The molecule has 21 heavy (non-hydrogen) atoms. The largest absolute Gasteiger partial charge is 0.326 e. The Kier molecular flexibility index (Phi) is 2.75. The molecule has 0 radical (unpaired) electrons. The van der Waals surface area contributed by atoms with Crippen LogP contribution < -0.4 is 5.73 Å². The Morgan fingerprint density at radius 1 is 1.24 bits per heavy atom. The van der Waals surface area contributed by atoms with Crippen molar-refractivity contribution in [2.24, 2.45) is 5.73 Å². The summed E-state index contributed by atoms with van der Waals surface area (Å²) in [7, 11) is 0. The van der Waals surface area contributed by atoms with Gasteiger partial charge in [-0.2, -0.15) is 0 Å². The first-order valence-electron chi connectivity index (χ1n) is 7.10. The minimum atomic E-state index is -0.285. The van der Waals surface area contributed by atoms with Crippen LogP contribution >= 0.6 is 0 Å². The molecule has 0 aliphatic heterocycles. The van der Waals surface area contributed by atoms with Crippen LogP contribution in [0.3, 0.4) is 0 Å². The molecule has 0 amide bonds. The number of nitrogens with zero attached hydrogens (tertiary/aromatic N) is 3. The van der Waals surface area contributed by atoms with Gasteiger partial charge in [-0.1, -0.05) is 12.1 Å². The van der Waals surface area contributed by atoms with E-state index in [1.807, 2.05) is 18.2 Å². The molecule has 1 aliphatic rings. The van der Waals surface area contributed by atoms with Crippen molar-refractivity contribution in [1.29, 1.82) is 0 Å². The normalized spacial score (nSPS) is 14.8. The number of halogens is 1. The Bertz CT molecular complexity index is 803. The molecule has 1 fully saturated rings. The molecule has 3 aromatic rings. The second-order valence-electron chi connectivity index (χ2n) is 5.40. The first-order valence-corrected chi connectivity index (χ1v) is 7.10. The number of aromatic nitrogens is 3. The molecule has 1 saturated carbocycles. The van der Waals surface area contributed by atoms with Gasteiger partial charge in [-0.15, -0.1) is 0 Å². The molecule has 0 saturated heterocycles. The van der Waals surface area contributed by atoms with E-state index in [2.05, 4.69) is 14.5 Å². The second-order valence-corrected chi connectivity index (χ2v) is 5.40. The number of rotatable bonds is 3. The van der Waals surface area contributed by atoms with Gasteiger partial charge in [0.15, 0.2) is 11.6 Å². The van der Waals surface area contributed by atoms with Gasteiger partial charge < -0.3 is 10.3 Å². The van der Waals surface area contributed by atoms with Crippen molar-refractivity contribution in [3.63, 3.8) is 0 Å². The van der Waals surface area contributed by atoms with Crippen molar-refractivity contribution in [1.82, 2.24) is 14.5 Å². The molecule has 0 atom stereocenters. The number of fused-ring (bicyclic) bond motifs is 1. The Balaban J connectivity index is 1.94. The fourth-order valence-electron chi connectivity index (χ4n) is 2.64. The zero-order valence-electron chi connectivity index (χ0n) is 11.5. The van der Waals surface area contributed by atoms with Crippen LogP contribution in [-0.4, -0.2) is 14.5 Å². The van der Waals surface area contributed by atoms with E-state index >= 15 is 0 Å². The molecule has 4 nitrogen and oxygen atoms in total. The van der Waals surface area contributed by atoms with Gasteiger partial charge in [0.1, 0.15) is 11.2 Å². The number of nitrogens with two attached hydrogens (primary N) is 1. The minimum Gasteiger partial charge on any atom is -0.326 e. The SMILES string of the molecule is NCc1ccc(-c2nc3c(F)cccc3n2C2CC2)nc1. The van der Waals surface area contributed by atoms with Crippen LogP contribution in [0.15, 0.2) is 36.5 Å². The predicted molar refractivity (Wildman–Crippen MR) is 79.1 cm³/mol. The maximum atomic E-state index is 14.0. The molecule has 0 unspecified atom stereocenters. The number of hydrogen-bond acceptors (Lipinski definition) is 3. The summed E-state index contributed by atoms with van der Waals surface area (Å²) in [5.74, 6) is 0.452. The molecule has 4 rings (SSSR count). The lowest BCUT2D eigenvalue weighted by Gasteiger charge is -2.07. The second kappa shape index (κ2) is 4.63. The molecule has 0 spiro atoms. The fourth-order valence-corrected chi connectivity index (χ4v) is 2.64. The van der Waals surface area contributed by atoms with Gasteiger partial charge in [-0.25, -0.2) is 9.37 Å². The van der Waals surface area contributed by atoms with Crippen molar-refractivity contribution >= 4 is 11.0 Å². The van der Waals surface area contributed by atoms with E-state index in [-0.39, 0.29) is 5.82 Å². The van der Waals surface area contributed by atoms with E-state index in [4.69, 9.17) is 5.73 Å². The number of pyridine rings is 1. The lowest BCUT2D eigenvalue weighted by Crippen LogP contribution is -2.01. The van der Waals surface area contributed by atoms with Crippen LogP contribution in [0.2, 0.25) is 0 Å². The third-order valence-corrected chi connectivity index (χ3v) is 3.87. The van der Waals surface area contributed by atoms with Gasteiger partial charge in [0.2, 0.25) is 0 Å². The minimum absolute atomic E-state index is 0.285. The van der Waals surface area contributed by atoms with E-state index in [0.717, 1.165) is 35.4 Å². The first kappa shape index (κ1) is 12.5. The van der Waals surface area contributed by atoms with Gasteiger partial charge in [0.25, 0.3) is 0 Å². The van der Waals surface area contributed by atoms with Crippen LogP contribution in [0, 0.1) is 5.82 Å². The third-order valence-electron chi connectivity index (χ3n) is 3.87.